The summed E-state index contributed by atoms with van der Waals surface area (Å²) in [5, 5.41) is 5.49. The zero-order chi connectivity index (χ0) is 15.0. The molecule has 0 spiro atoms. The zero-order valence-corrected chi connectivity index (χ0v) is 12.7. The molecule has 4 nitrogen and oxygen atoms in total. The number of carbonyl (C=O) groups excluding carboxylic acids is 2. The third-order valence-electron chi connectivity index (χ3n) is 3.73. The fourth-order valence-corrected chi connectivity index (χ4v) is 3.38. The highest BCUT2D eigenvalue weighted by atomic mass is 32.1. The molecule has 3 rings (SSSR count). The number of anilines is 1. The molecular weight excluding hydrogens is 284 g/mol. The lowest BCUT2D eigenvalue weighted by molar-refractivity contribution is 0.0693. The third-order valence-corrected chi connectivity index (χ3v) is 4.71. The van der Waals surface area contributed by atoms with E-state index in [4.69, 9.17) is 0 Å². The second-order valence-electron chi connectivity index (χ2n) is 5.05. The minimum atomic E-state index is -0.233. The van der Waals surface area contributed by atoms with Crippen molar-refractivity contribution >= 4 is 28.8 Å². The van der Waals surface area contributed by atoms with E-state index in [0.717, 1.165) is 17.0 Å². The molecule has 108 valence electrons. The number of rotatable bonds is 4. The van der Waals surface area contributed by atoms with Crippen LogP contribution in [-0.4, -0.2) is 23.8 Å². The van der Waals surface area contributed by atoms with Gasteiger partial charge < -0.3 is 5.32 Å². The topological polar surface area (TPSA) is 49.4 Å². The van der Waals surface area contributed by atoms with Crippen molar-refractivity contribution in [1.82, 2.24) is 4.90 Å². The molecule has 1 unspecified atom stereocenters. The minimum absolute atomic E-state index is 0.216. The number of imide groups is 1. The number of amides is 2. The first-order valence-electron chi connectivity index (χ1n) is 6.88. The molecule has 0 bridgehead atoms. The molecule has 2 amide bonds. The van der Waals surface area contributed by atoms with Crippen molar-refractivity contribution in [2.75, 3.05) is 12.4 Å². The Balaban J connectivity index is 1.88. The van der Waals surface area contributed by atoms with Crippen LogP contribution < -0.4 is 5.32 Å². The van der Waals surface area contributed by atoms with Crippen LogP contribution in [0.15, 0.2) is 35.7 Å². The molecule has 5 heteroatoms. The summed E-state index contributed by atoms with van der Waals surface area (Å²) < 4.78 is 0. The summed E-state index contributed by atoms with van der Waals surface area (Å²) in [5.41, 5.74) is 1.83. The zero-order valence-electron chi connectivity index (χ0n) is 11.9. The molecule has 0 saturated heterocycles. The molecular formula is C16H16N2O2S. The molecule has 1 aromatic heterocycles. The Kier molecular flexibility index (Phi) is 3.51. The van der Waals surface area contributed by atoms with E-state index in [-0.39, 0.29) is 17.9 Å². The van der Waals surface area contributed by atoms with E-state index in [1.807, 2.05) is 12.1 Å². The average molecular weight is 300 g/mol. The van der Waals surface area contributed by atoms with Gasteiger partial charge in [-0.15, -0.1) is 11.3 Å². The van der Waals surface area contributed by atoms with E-state index in [0.29, 0.717) is 11.1 Å². The van der Waals surface area contributed by atoms with Gasteiger partial charge in [0, 0.05) is 17.6 Å². The Morgan fingerprint density at radius 2 is 1.95 bits per heavy atom. The smallest absolute Gasteiger partial charge is 0.261 e. The molecule has 2 heterocycles. The fourth-order valence-electron chi connectivity index (χ4n) is 2.52. The second kappa shape index (κ2) is 5.33. The normalized spacial score (nSPS) is 15.2. The van der Waals surface area contributed by atoms with Crippen LogP contribution in [0.4, 0.5) is 5.69 Å². The van der Waals surface area contributed by atoms with Crippen LogP contribution in [0.1, 0.15) is 45.0 Å². The molecule has 2 aromatic rings. The van der Waals surface area contributed by atoms with Crippen molar-refractivity contribution < 1.29 is 9.59 Å². The molecule has 1 aliphatic heterocycles. The van der Waals surface area contributed by atoms with Crippen LogP contribution in [0.5, 0.6) is 0 Å². The summed E-state index contributed by atoms with van der Waals surface area (Å²) in [6.07, 6.45) is 0.949. The number of hydrogen-bond donors (Lipinski definition) is 1. The minimum Gasteiger partial charge on any atom is -0.377 e. The van der Waals surface area contributed by atoms with Gasteiger partial charge in [-0.25, -0.2) is 0 Å². The first-order valence-corrected chi connectivity index (χ1v) is 7.76. The molecule has 0 radical (unpaired) electrons. The largest absolute Gasteiger partial charge is 0.377 e. The van der Waals surface area contributed by atoms with Crippen molar-refractivity contribution in [1.29, 1.82) is 0 Å². The summed E-state index contributed by atoms with van der Waals surface area (Å²) in [6.45, 7) is 2.12. The van der Waals surface area contributed by atoms with Crippen LogP contribution in [-0.2, 0) is 0 Å². The van der Waals surface area contributed by atoms with Crippen molar-refractivity contribution in [3.63, 3.8) is 0 Å². The number of fused-ring (bicyclic) bond motifs is 1. The molecule has 0 saturated carbocycles. The van der Waals surface area contributed by atoms with Crippen LogP contribution >= 0.6 is 11.3 Å². The summed E-state index contributed by atoms with van der Waals surface area (Å²) in [6, 6.07) is 9.70. The maximum Gasteiger partial charge on any atom is 0.261 e. The monoisotopic (exact) mass is 300 g/mol. The number of thiophene rings is 1. The maximum absolute atomic E-state index is 12.0. The standard InChI is InChI=1S/C16H16N2O2S/c1-3-13(14-5-4-8-21-14)17-10-6-7-11-12(9-10)16(20)18(2)15(11)19/h4-9,13,17H,3H2,1-2H3. The molecule has 21 heavy (non-hydrogen) atoms. The van der Waals surface area contributed by atoms with Gasteiger partial charge in [0.2, 0.25) is 0 Å². The lowest BCUT2D eigenvalue weighted by Crippen LogP contribution is -2.24. The van der Waals surface area contributed by atoms with Gasteiger partial charge in [0.15, 0.2) is 0 Å². The molecule has 1 aliphatic rings. The Hall–Kier alpha value is -2.14. The number of carbonyl (C=O) groups is 2. The predicted molar refractivity (Wildman–Crippen MR) is 83.8 cm³/mol. The Morgan fingerprint density at radius 3 is 2.62 bits per heavy atom. The van der Waals surface area contributed by atoms with Crippen molar-refractivity contribution in [3.8, 4) is 0 Å². The first kappa shape index (κ1) is 13.8. The van der Waals surface area contributed by atoms with Crippen molar-refractivity contribution in [2.24, 2.45) is 0 Å². The predicted octanol–water partition coefficient (Wildman–Crippen LogP) is 3.54. The van der Waals surface area contributed by atoms with Gasteiger partial charge in [-0.3, -0.25) is 14.5 Å². The lowest BCUT2D eigenvalue weighted by atomic mass is 10.1. The van der Waals surface area contributed by atoms with Crippen LogP contribution in [0.3, 0.4) is 0 Å². The van der Waals surface area contributed by atoms with Gasteiger partial charge in [0.25, 0.3) is 11.8 Å². The summed E-state index contributed by atoms with van der Waals surface area (Å²) >= 11 is 1.71. The summed E-state index contributed by atoms with van der Waals surface area (Å²) in [4.78, 5) is 26.3. The van der Waals surface area contributed by atoms with E-state index in [2.05, 4.69) is 23.7 Å². The molecule has 0 fully saturated rings. The highest BCUT2D eigenvalue weighted by Crippen LogP contribution is 2.29. The lowest BCUT2D eigenvalue weighted by Gasteiger charge is -2.17. The number of nitrogens with zero attached hydrogens (tertiary/aromatic N) is 1. The van der Waals surface area contributed by atoms with Crippen molar-refractivity contribution in [3.05, 3.63) is 51.7 Å². The Morgan fingerprint density at radius 1 is 1.19 bits per heavy atom. The van der Waals surface area contributed by atoms with E-state index >= 15 is 0 Å². The highest BCUT2D eigenvalue weighted by molar-refractivity contribution is 7.10. The Bertz CT molecular complexity index is 694. The van der Waals surface area contributed by atoms with Gasteiger partial charge in [0.05, 0.1) is 17.2 Å². The maximum atomic E-state index is 12.0. The van der Waals surface area contributed by atoms with E-state index in [9.17, 15) is 9.59 Å². The number of benzene rings is 1. The summed E-state index contributed by atoms with van der Waals surface area (Å²) in [7, 11) is 1.51. The Labute approximate surface area is 127 Å². The van der Waals surface area contributed by atoms with E-state index in [1.54, 1.807) is 23.5 Å². The van der Waals surface area contributed by atoms with Gasteiger partial charge in [-0.2, -0.15) is 0 Å². The first-order chi connectivity index (χ1) is 10.1. The fraction of sp³-hybridized carbons (Fsp3) is 0.250. The molecule has 0 aliphatic carbocycles. The van der Waals surface area contributed by atoms with Crippen LogP contribution in [0.25, 0.3) is 0 Å². The van der Waals surface area contributed by atoms with Gasteiger partial charge in [-0.1, -0.05) is 13.0 Å². The van der Waals surface area contributed by atoms with Crippen LogP contribution in [0, 0.1) is 0 Å². The molecule has 1 aromatic carbocycles. The number of nitrogens with one attached hydrogen (secondary N) is 1. The van der Waals surface area contributed by atoms with E-state index < -0.39 is 0 Å². The molecule has 1 atom stereocenters. The van der Waals surface area contributed by atoms with Gasteiger partial charge in [0.1, 0.15) is 0 Å². The average Bonchev–Trinajstić information content (AvgIpc) is 3.10. The number of hydrogen-bond acceptors (Lipinski definition) is 4. The van der Waals surface area contributed by atoms with Crippen LogP contribution in [0.2, 0.25) is 0 Å². The van der Waals surface area contributed by atoms with Gasteiger partial charge in [-0.05, 0) is 36.1 Å². The molecule has 1 N–H and O–H groups in total. The van der Waals surface area contributed by atoms with E-state index in [1.165, 1.54) is 11.9 Å². The van der Waals surface area contributed by atoms with Gasteiger partial charge >= 0.3 is 0 Å². The van der Waals surface area contributed by atoms with Crippen molar-refractivity contribution in [2.45, 2.75) is 19.4 Å². The SMILES string of the molecule is CCC(Nc1ccc2c(c1)C(=O)N(C)C2=O)c1cccs1. The second-order valence-corrected chi connectivity index (χ2v) is 6.03. The third kappa shape index (κ3) is 2.34. The highest BCUT2D eigenvalue weighted by Gasteiger charge is 2.32. The quantitative estimate of drug-likeness (QED) is 0.879. The summed E-state index contributed by atoms with van der Waals surface area (Å²) in [5.74, 6) is -0.463.